The van der Waals surface area contributed by atoms with Gasteiger partial charge in [-0.2, -0.15) is 13.2 Å². The quantitative estimate of drug-likeness (QED) is 0.0567. The van der Waals surface area contributed by atoms with Crippen LogP contribution in [0.15, 0.2) is 102 Å². The fourth-order valence-electron chi connectivity index (χ4n) is 5.51. The molecule has 0 aliphatic carbocycles. The van der Waals surface area contributed by atoms with Crippen LogP contribution in [0.3, 0.4) is 0 Å². The number of carbonyl (C=O) groups is 2. The number of nitrogens with one attached hydrogen (secondary N) is 3. The molecule has 0 bridgehead atoms. The molecule has 3 aromatic carbocycles. The Bertz CT molecular complexity index is 1920. The van der Waals surface area contributed by atoms with Crippen molar-refractivity contribution in [2.24, 2.45) is 5.16 Å². The van der Waals surface area contributed by atoms with Crippen LogP contribution in [0.1, 0.15) is 28.1 Å². The molecule has 250 valence electrons. The molecule has 17 heteroatoms. The first-order valence-electron chi connectivity index (χ1n) is 14.5. The van der Waals surface area contributed by atoms with E-state index in [1.54, 1.807) is 10.5 Å². The van der Waals surface area contributed by atoms with Crippen LogP contribution >= 0.6 is 11.3 Å². The van der Waals surface area contributed by atoms with Crippen LogP contribution in [-0.4, -0.2) is 57.3 Å². The number of carbonyl (C=O) groups excluding carboxylic acids is 2. The van der Waals surface area contributed by atoms with E-state index >= 15 is 0 Å². The number of thiazole rings is 1. The standard InChI is InChI=1S/C32H25F3N8O5S/c1-48-41-24(28(44)36-22-17-42(29(22)45)27-25(43(46)47)26(39-40-27)32(33,34)35)23-18-49-30(37-23)38-31(19-11-5-2-6-12-19,20-13-7-3-8-14-20)21-15-9-4-10-16-21/h2-16,18,22H,17H2,1H3,(H,36,44)(H,37,38)(H,39,40)/t22-/m0/s1. The number of halogens is 3. The van der Waals surface area contributed by atoms with Crippen molar-refractivity contribution in [3.63, 3.8) is 0 Å². The molecule has 1 aliphatic heterocycles. The normalized spacial score (nSPS) is 15.0. The minimum absolute atomic E-state index is 0.108. The summed E-state index contributed by atoms with van der Waals surface area (Å²) in [6.07, 6.45) is -5.11. The van der Waals surface area contributed by atoms with Crippen LogP contribution in [0.2, 0.25) is 0 Å². The van der Waals surface area contributed by atoms with Gasteiger partial charge in [-0.3, -0.25) is 29.7 Å². The summed E-state index contributed by atoms with van der Waals surface area (Å²) in [4.78, 5) is 46.6. The van der Waals surface area contributed by atoms with E-state index in [-0.39, 0.29) is 18.0 Å². The van der Waals surface area contributed by atoms with Crippen LogP contribution in [0.25, 0.3) is 0 Å². The molecule has 2 aromatic heterocycles. The number of oxime groups is 1. The fraction of sp³-hybridized carbons (Fsp3) is 0.156. The zero-order valence-electron chi connectivity index (χ0n) is 25.3. The predicted molar refractivity (Wildman–Crippen MR) is 173 cm³/mol. The summed E-state index contributed by atoms with van der Waals surface area (Å²) >= 11 is 1.20. The van der Waals surface area contributed by atoms with E-state index < -0.39 is 51.7 Å². The summed E-state index contributed by atoms with van der Waals surface area (Å²) in [5.74, 6) is -2.59. The number of anilines is 2. The lowest BCUT2D eigenvalue weighted by molar-refractivity contribution is -0.387. The van der Waals surface area contributed by atoms with Gasteiger partial charge in [-0.05, 0) is 16.7 Å². The molecule has 49 heavy (non-hydrogen) atoms. The number of hydrogen-bond acceptors (Lipinski definition) is 10. The molecule has 0 unspecified atom stereocenters. The second kappa shape index (κ2) is 13.2. The number of nitro groups is 1. The topological polar surface area (TPSA) is 168 Å². The molecule has 3 heterocycles. The number of β-lactam (4-membered cyclic amide) rings is 1. The minimum Gasteiger partial charge on any atom is -0.398 e. The van der Waals surface area contributed by atoms with Gasteiger partial charge in [-0.1, -0.05) is 96.2 Å². The maximum Gasteiger partial charge on any atom is 0.439 e. The van der Waals surface area contributed by atoms with Gasteiger partial charge in [0.25, 0.3) is 11.8 Å². The summed E-state index contributed by atoms with van der Waals surface area (Å²) < 4.78 is 39.8. The molecule has 0 radical (unpaired) electrons. The lowest BCUT2D eigenvalue weighted by Gasteiger charge is -2.36. The highest BCUT2D eigenvalue weighted by molar-refractivity contribution is 7.14. The third-order valence-corrected chi connectivity index (χ3v) is 8.50. The molecule has 5 aromatic rings. The van der Waals surface area contributed by atoms with E-state index in [0.717, 1.165) is 16.7 Å². The highest BCUT2D eigenvalue weighted by Crippen LogP contribution is 2.42. The first kappa shape index (κ1) is 32.8. The number of hydrogen-bond donors (Lipinski definition) is 3. The molecule has 13 nitrogen and oxygen atoms in total. The van der Waals surface area contributed by atoms with Crippen LogP contribution in [0, 0.1) is 10.1 Å². The van der Waals surface area contributed by atoms with Gasteiger partial charge in [0, 0.05) is 5.38 Å². The fourth-order valence-corrected chi connectivity index (χ4v) is 6.26. The summed E-state index contributed by atoms with van der Waals surface area (Å²) in [6, 6.07) is 28.1. The van der Waals surface area contributed by atoms with E-state index in [4.69, 9.17) is 4.84 Å². The van der Waals surface area contributed by atoms with Crippen molar-refractivity contribution in [1.29, 1.82) is 0 Å². The van der Waals surface area contributed by atoms with Crippen LogP contribution in [0.4, 0.5) is 29.8 Å². The van der Waals surface area contributed by atoms with Crippen LogP contribution in [0.5, 0.6) is 0 Å². The van der Waals surface area contributed by atoms with Crippen LogP contribution in [-0.2, 0) is 26.1 Å². The number of alkyl halides is 3. The van der Waals surface area contributed by atoms with E-state index in [2.05, 4.69) is 25.9 Å². The van der Waals surface area contributed by atoms with E-state index in [1.807, 2.05) is 91.0 Å². The third kappa shape index (κ3) is 6.18. The largest absolute Gasteiger partial charge is 0.439 e. The summed E-state index contributed by atoms with van der Waals surface area (Å²) in [5, 5.41) is 28.2. The van der Waals surface area contributed by atoms with E-state index in [1.165, 1.54) is 18.4 Å². The van der Waals surface area contributed by atoms with Crippen molar-refractivity contribution >= 4 is 45.5 Å². The van der Waals surface area contributed by atoms with Gasteiger partial charge >= 0.3 is 11.9 Å². The van der Waals surface area contributed by atoms with Crippen molar-refractivity contribution in [2.45, 2.75) is 17.8 Å². The molecule has 1 aliphatic rings. The SMILES string of the molecule is CON=C(C(=O)N[C@H]1CN(c2n[nH]c(C(F)(F)F)c2[N+](=O)[O-])C1=O)c1csc(NC(c2ccccc2)(c2ccccc2)c2ccccc2)n1. The second-order valence-electron chi connectivity index (χ2n) is 10.6. The highest BCUT2D eigenvalue weighted by atomic mass is 32.1. The van der Waals surface area contributed by atoms with Crippen molar-refractivity contribution in [3.05, 3.63) is 135 Å². The Labute approximate surface area is 279 Å². The number of amides is 2. The van der Waals surface area contributed by atoms with Crippen molar-refractivity contribution in [3.8, 4) is 0 Å². The number of benzene rings is 3. The minimum atomic E-state index is -5.11. The number of aromatic nitrogens is 3. The average Bonchev–Trinajstić information content (AvgIpc) is 3.76. The zero-order valence-corrected chi connectivity index (χ0v) is 26.2. The lowest BCUT2D eigenvalue weighted by Crippen LogP contribution is -2.65. The van der Waals surface area contributed by atoms with E-state index in [0.29, 0.717) is 10.0 Å². The molecule has 2 amide bonds. The molecule has 6 rings (SSSR count). The molecular formula is C32H25F3N8O5S. The summed E-state index contributed by atoms with van der Waals surface area (Å²) in [5.41, 5.74) is -1.44. The number of aromatic amines is 1. The average molecular weight is 691 g/mol. The summed E-state index contributed by atoms with van der Waals surface area (Å²) in [6.45, 7) is -0.383. The van der Waals surface area contributed by atoms with Gasteiger partial charge in [0.15, 0.2) is 10.8 Å². The van der Waals surface area contributed by atoms with Gasteiger partial charge in [0.2, 0.25) is 11.5 Å². The number of nitrogens with zero attached hydrogens (tertiary/aromatic N) is 5. The molecule has 0 spiro atoms. The Hall–Kier alpha value is -6.10. The maximum atomic E-state index is 13.4. The maximum absolute atomic E-state index is 13.4. The number of H-pyrrole nitrogens is 1. The Balaban J connectivity index is 1.26. The lowest BCUT2D eigenvalue weighted by atomic mass is 9.77. The van der Waals surface area contributed by atoms with Gasteiger partial charge in [-0.15, -0.1) is 16.4 Å². The molecule has 3 N–H and O–H groups in total. The third-order valence-electron chi connectivity index (χ3n) is 7.74. The molecule has 1 saturated heterocycles. The molecular weight excluding hydrogens is 665 g/mol. The first-order chi connectivity index (χ1) is 23.5. The van der Waals surface area contributed by atoms with Crippen molar-refractivity contribution in [1.82, 2.24) is 20.5 Å². The van der Waals surface area contributed by atoms with Crippen molar-refractivity contribution in [2.75, 3.05) is 23.9 Å². The van der Waals surface area contributed by atoms with Gasteiger partial charge in [0.1, 0.15) is 24.4 Å². The van der Waals surface area contributed by atoms with E-state index in [9.17, 15) is 32.9 Å². The Morgan fingerprint density at radius 3 is 2.04 bits per heavy atom. The first-order valence-corrected chi connectivity index (χ1v) is 15.4. The molecule has 1 fully saturated rings. The Morgan fingerprint density at radius 2 is 1.57 bits per heavy atom. The van der Waals surface area contributed by atoms with Crippen molar-refractivity contribution < 1.29 is 32.5 Å². The molecule has 0 saturated carbocycles. The molecule has 1 atom stereocenters. The van der Waals surface area contributed by atoms with Crippen LogP contribution < -0.4 is 15.5 Å². The van der Waals surface area contributed by atoms with Gasteiger partial charge < -0.3 is 15.5 Å². The summed E-state index contributed by atoms with van der Waals surface area (Å²) in [7, 11) is 1.22. The Kier molecular flexibility index (Phi) is 8.84. The van der Waals surface area contributed by atoms with Gasteiger partial charge in [0.05, 0.1) is 11.5 Å². The zero-order chi connectivity index (χ0) is 34.8. The van der Waals surface area contributed by atoms with Gasteiger partial charge in [-0.25, -0.2) is 4.98 Å². The smallest absolute Gasteiger partial charge is 0.398 e. The second-order valence-corrected chi connectivity index (χ2v) is 11.5. The highest BCUT2D eigenvalue weighted by Gasteiger charge is 2.49. The monoisotopic (exact) mass is 690 g/mol. The predicted octanol–water partition coefficient (Wildman–Crippen LogP) is 5.08. The Morgan fingerprint density at radius 1 is 1.02 bits per heavy atom. The number of rotatable bonds is 11.